The first-order valence-electron chi connectivity index (χ1n) is 2.30. The van der Waals surface area contributed by atoms with Crippen LogP contribution in [0.3, 0.4) is 0 Å². The Morgan fingerprint density at radius 1 is 2.00 bits per heavy atom. The topological polar surface area (TPSA) is 46.5 Å². The van der Waals surface area contributed by atoms with Crippen LogP contribution in [0, 0.1) is 0 Å². The molecule has 1 N–H and O–H groups in total. The highest BCUT2D eigenvalue weighted by molar-refractivity contribution is 6.25. The molecular weight excluding hydrogens is 150 g/mol. The average molecular weight is 155 g/mol. The van der Waals surface area contributed by atoms with E-state index in [1.165, 1.54) is 0 Å². The summed E-state index contributed by atoms with van der Waals surface area (Å²) in [5.74, 6) is 0. The molecule has 0 aromatic heterocycles. The number of carbonyl (C=O) groups is 1. The number of alkyl halides is 2. The van der Waals surface area contributed by atoms with Gasteiger partial charge in [-0.05, 0) is 0 Å². The van der Waals surface area contributed by atoms with E-state index in [0.29, 0.717) is 0 Å². The minimum atomic E-state index is -1.93. The van der Waals surface area contributed by atoms with Crippen molar-refractivity contribution in [1.29, 1.82) is 0 Å². The Morgan fingerprint density at radius 2 is 2.44 bits per heavy atom. The van der Waals surface area contributed by atoms with Crippen molar-refractivity contribution in [2.75, 3.05) is 0 Å². The number of hydrogen-bond acceptors (Lipinski definition) is 2. The van der Waals surface area contributed by atoms with Gasteiger partial charge in [-0.3, -0.25) is 0 Å². The van der Waals surface area contributed by atoms with E-state index in [-0.39, 0.29) is 6.42 Å². The van der Waals surface area contributed by atoms with Gasteiger partial charge in [0.25, 0.3) is 0 Å². The van der Waals surface area contributed by atoms with Gasteiger partial charge in [-0.15, -0.1) is 0 Å². The molecule has 2 atom stereocenters. The molecule has 1 fully saturated rings. The van der Waals surface area contributed by atoms with Crippen LogP contribution in [-0.2, 0) is 4.74 Å². The lowest BCUT2D eigenvalue weighted by Gasteiger charge is -1.95. The van der Waals surface area contributed by atoms with Crippen LogP contribution in [0.4, 0.5) is 9.18 Å². The zero-order valence-corrected chi connectivity index (χ0v) is 5.06. The molecule has 0 aromatic carbocycles. The van der Waals surface area contributed by atoms with E-state index in [9.17, 15) is 9.18 Å². The smallest absolute Gasteiger partial charge is 0.450 e. The van der Waals surface area contributed by atoms with Crippen molar-refractivity contribution in [3.63, 3.8) is 0 Å². The standard InChI is InChI=1S/C4H4ClFO3/c5-4(6)1-2(4)9-3(7)8/h2H,1H2,(H,7,8)/t2-,4-/m0/s1. The van der Waals surface area contributed by atoms with E-state index in [0.717, 1.165) is 0 Å². The molecule has 3 nitrogen and oxygen atoms in total. The summed E-state index contributed by atoms with van der Waals surface area (Å²) in [6, 6.07) is 0. The van der Waals surface area contributed by atoms with E-state index in [1.54, 1.807) is 0 Å². The molecule has 0 bridgehead atoms. The predicted octanol–water partition coefficient (Wildman–Crippen LogP) is 1.36. The van der Waals surface area contributed by atoms with E-state index in [4.69, 9.17) is 16.7 Å². The monoisotopic (exact) mass is 154 g/mol. The summed E-state index contributed by atoms with van der Waals surface area (Å²) in [4.78, 5) is 9.69. The van der Waals surface area contributed by atoms with Crippen molar-refractivity contribution in [2.24, 2.45) is 0 Å². The maximum absolute atomic E-state index is 12.2. The number of ether oxygens (including phenoxy) is 1. The van der Waals surface area contributed by atoms with Gasteiger partial charge < -0.3 is 9.84 Å². The van der Waals surface area contributed by atoms with Crippen molar-refractivity contribution in [3.8, 4) is 0 Å². The van der Waals surface area contributed by atoms with Crippen LogP contribution in [0.1, 0.15) is 6.42 Å². The van der Waals surface area contributed by atoms with Gasteiger partial charge in [-0.2, -0.15) is 0 Å². The van der Waals surface area contributed by atoms with Gasteiger partial charge in [0.1, 0.15) is 0 Å². The zero-order chi connectivity index (χ0) is 7.07. The number of halogens is 2. The fourth-order valence-corrected chi connectivity index (χ4v) is 0.623. The second kappa shape index (κ2) is 1.73. The summed E-state index contributed by atoms with van der Waals surface area (Å²) in [6.07, 6.45) is -2.49. The molecule has 0 unspecified atom stereocenters. The second-order valence-corrected chi connectivity index (χ2v) is 2.47. The third kappa shape index (κ3) is 1.45. The third-order valence-electron chi connectivity index (χ3n) is 1.01. The summed E-state index contributed by atoms with van der Waals surface area (Å²) in [7, 11) is 0. The Hall–Kier alpha value is -0.510. The van der Waals surface area contributed by atoms with Crippen molar-refractivity contribution in [3.05, 3.63) is 0 Å². The van der Waals surface area contributed by atoms with Gasteiger partial charge in [-0.25, -0.2) is 9.18 Å². The van der Waals surface area contributed by atoms with Crippen molar-refractivity contribution in [2.45, 2.75) is 17.7 Å². The van der Waals surface area contributed by atoms with Crippen LogP contribution in [0.15, 0.2) is 0 Å². The lowest BCUT2D eigenvalue weighted by molar-refractivity contribution is 0.0742. The molecule has 52 valence electrons. The summed E-state index contributed by atoms with van der Waals surface area (Å²) < 4.78 is 16.2. The highest BCUT2D eigenvalue weighted by Crippen LogP contribution is 2.46. The summed E-state index contributed by atoms with van der Waals surface area (Å²) in [6.45, 7) is 0. The Labute approximate surface area is 55.4 Å². The van der Waals surface area contributed by atoms with Gasteiger partial charge in [0, 0.05) is 6.42 Å². The van der Waals surface area contributed by atoms with Gasteiger partial charge in [0.2, 0.25) is 5.13 Å². The predicted molar refractivity (Wildman–Crippen MR) is 27.2 cm³/mol. The Bertz CT molecular complexity index is 147. The highest BCUT2D eigenvalue weighted by Gasteiger charge is 2.58. The first-order valence-corrected chi connectivity index (χ1v) is 2.67. The molecule has 0 saturated heterocycles. The molecule has 0 spiro atoms. The van der Waals surface area contributed by atoms with Gasteiger partial charge in [0.05, 0.1) is 0 Å². The molecule has 0 radical (unpaired) electrons. The molecule has 1 rings (SSSR count). The van der Waals surface area contributed by atoms with Crippen molar-refractivity contribution >= 4 is 17.8 Å². The fourth-order valence-electron chi connectivity index (χ4n) is 0.438. The van der Waals surface area contributed by atoms with E-state index >= 15 is 0 Å². The summed E-state index contributed by atoms with van der Waals surface area (Å²) >= 11 is 5.00. The molecule has 1 aliphatic carbocycles. The summed E-state index contributed by atoms with van der Waals surface area (Å²) in [5, 5.41) is 5.98. The van der Waals surface area contributed by atoms with E-state index in [1.807, 2.05) is 0 Å². The molecule has 5 heteroatoms. The first-order chi connectivity index (χ1) is 4.02. The zero-order valence-electron chi connectivity index (χ0n) is 4.30. The Morgan fingerprint density at radius 3 is 2.56 bits per heavy atom. The number of hydrogen-bond donors (Lipinski definition) is 1. The van der Waals surface area contributed by atoms with Gasteiger partial charge >= 0.3 is 6.16 Å². The van der Waals surface area contributed by atoms with Crippen LogP contribution >= 0.6 is 11.6 Å². The average Bonchev–Trinajstić information content (AvgIpc) is 2.10. The van der Waals surface area contributed by atoms with Gasteiger partial charge in [-0.1, -0.05) is 11.6 Å². The van der Waals surface area contributed by atoms with Crippen LogP contribution in [-0.4, -0.2) is 22.5 Å². The molecule has 0 aromatic rings. The molecule has 0 amide bonds. The quantitative estimate of drug-likeness (QED) is 0.458. The second-order valence-electron chi connectivity index (χ2n) is 1.84. The lowest BCUT2D eigenvalue weighted by atomic mass is 10.8. The largest absolute Gasteiger partial charge is 0.506 e. The molecule has 0 aliphatic heterocycles. The van der Waals surface area contributed by atoms with Crippen LogP contribution < -0.4 is 0 Å². The minimum absolute atomic E-state index is 0.0408. The number of carboxylic acid groups (broad SMARTS) is 1. The van der Waals surface area contributed by atoms with Crippen LogP contribution in [0.2, 0.25) is 0 Å². The minimum Gasteiger partial charge on any atom is -0.450 e. The molecule has 1 saturated carbocycles. The SMILES string of the molecule is O=C(O)O[C@H]1C[C@@]1(F)Cl. The van der Waals surface area contributed by atoms with Crippen molar-refractivity contribution in [1.82, 2.24) is 0 Å². The Kier molecular flexibility index (Phi) is 1.27. The third-order valence-corrected chi connectivity index (χ3v) is 1.41. The van der Waals surface area contributed by atoms with Crippen LogP contribution in [0.5, 0.6) is 0 Å². The molecule has 1 aliphatic rings. The van der Waals surface area contributed by atoms with E-state index in [2.05, 4.69) is 4.74 Å². The lowest BCUT2D eigenvalue weighted by Crippen LogP contribution is -2.07. The maximum atomic E-state index is 12.2. The molecule has 9 heavy (non-hydrogen) atoms. The van der Waals surface area contributed by atoms with E-state index < -0.39 is 17.4 Å². The first kappa shape index (κ1) is 6.61. The Balaban J connectivity index is 2.28. The van der Waals surface area contributed by atoms with Crippen LogP contribution in [0.25, 0.3) is 0 Å². The normalized spacial score (nSPS) is 40.0. The molecule has 0 heterocycles. The fraction of sp³-hybridized carbons (Fsp3) is 0.750. The summed E-state index contributed by atoms with van der Waals surface area (Å²) in [5.41, 5.74) is 0. The van der Waals surface area contributed by atoms with Gasteiger partial charge in [0.15, 0.2) is 6.10 Å². The van der Waals surface area contributed by atoms with Crippen molar-refractivity contribution < 1.29 is 19.0 Å². The maximum Gasteiger partial charge on any atom is 0.506 e. The molecular formula is C4H4ClFO3. The highest BCUT2D eigenvalue weighted by atomic mass is 35.5. The number of rotatable bonds is 1.